The highest BCUT2D eigenvalue weighted by molar-refractivity contribution is 7.99. The number of furan rings is 1. The molecule has 0 fully saturated rings. The van der Waals surface area contributed by atoms with Gasteiger partial charge in [-0.15, -0.1) is 10.2 Å². The molecule has 0 spiro atoms. The van der Waals surface area contributed by atoms with Crippen LogP contribution in [0.3, 0.4) is 0 Å². The molecule has 1 aliphatic heterocycles. The van der Waals surface area contributed by atoms with Crippen LogP contribution < -0.4 is 15.0 Å². The minimum Gasteiger partial charge on any atom is -0.497 e. The Bertz CT molecular complexity index is 1330. The smallest absolute Gasteiger partial charge is 0.244 e. The fourth-order valence-electron chi connectivity index (χ4n) is 3.73. The number of carbonyl (C=O) groups excluding carboxylic acids is 2. The van der Waals surface area contributed by atoms with E-state index in [1.165, 1.54) is 16.7 Å². The molecule has 2 aromatic heterocycles. The van der Waals surface area contributed by atoms with Crippen molar-refractivity contribution in [2.24, 2.45) is 0 Å². The van der Waals surface area contributed by atoms with Crippen LogP contribution in [0.15, 0.2) is 76.5 Å². The van der Waals surface area contributed by atoms with Crippen LogP contribution in [0.1, 0.15) is 5.76 Å². The van der Waals surface area contributed by atoms with E-state index in [-0.39, 0.29) is 24.1 Å². The molecular weight excluding hydrogens is 454 g/mol. The first kappa shape index (κ1) is 21.8. The van der Waals surface area contributed by atoms with E-state index in [2.05, 4.69) is 15.5 Å². The lowest BCUT2D eigenvalue weighted by Gasteiger charge is -2.29. The molecule has 5 rings (SSSR count). The molecule has 0 saturated carbocycles. The first-order valence-corrected chi connectivity index (χ1v) is 11.5. The summed E-state index contributed by atoms with van der Waals surface area (Å²) in [4.78, 5) is 26.7. The number of benzene rings is 2. The molecule has 0 aliphatic carbocycles. The fourth-order valence-corrected chi connectivity index (χ4v) is 4.55. The van der Waals surface area contributed by atoms with Gasteiger partial charge in [0.2, 0.25) is 11.8 Å². The van der Waals surface area contributed by atoms with Crippen molar-refractivity contribution in [3.05, 3.63) is 72.7 Å². The van der Waals surface area contributed by atoms with Crippen LogP contribution in [0.2, 0.25) is 0 Å². The van der Waals surface area contributed by atoms with Gasteiger partial charge in [0.05, 0.1) is 37.0 Å². The summed E-state index contributed by atoms with van der Waals surface area (Å²) in [6.45, 7) is 0.378. The highest BCUT2D eigenvalue weighted by Crippen LogP contribution is 2.31. The Morgan fingerprint density at radius 1 is 1.15 bits per heavy atom. The number of nitrogens with zero attached hydrogens (tertiary/aromatic N) is 4. The van der Waals surface area contributed by atoms with E-state index >= 15 is 0 Å². The molecule has 3 heterocycles. The predicted molar refractivity (Wildman–Crippen MR) is 128 cm³/mol. The number of amides is 2. The average molecular weight is 476 g/mol. The molecular formula is C24H21N5O4S. The van der Waals surface area contributed by atoms with Gasteiger partial charge >= 0.3 is 0 Å². The number of hydrogen-bond acceptors (Lipinski definition) is 7. The lowest BCUT2D eigenvalue weighted by Crippen LogP contribution is -2.43. The van der Waals surface area contributed by atoms with Crippen molar-refractivity contribution in [3.8, 4) is 17.1 Å². The summed E-state index contributed by atoms with van der Waals surface area (Å²) in [6, 6.07) is 18.5. The number of anilines is 2. The van der Waals surface area contributed by atoms with Gasteiger partial charge < -0.3 is 19.4 Å². The second-order valence-electron chi connectivity index (χ2n) is 7.54. The molecule has 0 atom stereocenters. The van der Waals surface area contributed by atoms with Crippen LogP contribution in [0.4, 0.5) is 11.4 Å². The summed E-state index contributed by atoms with van der Waals surface area (Å²) in [7, 11) is 1.61. The summed E-state index contributed by atoms with van der Waals surface area (Å²) >= 11 is 1.27. The number of aromatic nitrogens is 3. The molecule has 0 saturated heterocycles. The molecule has 172 valence electrons. The molecule has 10 heteroatoms. The minimum absolute atomic E-state index is 0.0233. The van der Waals surface area contributed by atoms with E-state index in [0.29, 0.717) is 34.6 Å². The molecule has 2 amide bonds. The van der Waals surface area contributed by atoms with Gasteiger partial charge in [-0.1, -0.05) is 36.0 Å². The van der Waals surface area contributed by atoms with Gasteiger partial charge in [0.15, 0.2) is 11.0 Å². The Kier molecular flexibility index (Phi) is 6.05. The van der Waals surface area contributed by atoms with E-state index in [1.807, 2.05) is 59.2 Å². The number of carbonyl (C=O) groups is 2. The molecule has 0 radical (unpaired) electrons. The zero-order chi connectivity index (χ0) is 23.5. The van der Waals surface area contributed by atoms with Gasteiger partial charge in [-0.05, 0) is 36.4 Å². The SMILES string of the molecule is COc1cccc(-c2nnc(SCC(=O)N3CC(=O)Nc4ccccc43)n2Cc2ccco2)c1. The standard InChI is InChI=1S/C24H21N5O4S/c1-32-17-7-4-6-16(12-17)23-26-27-24(29(23)13-18-8-5-11-33-18)34-15-22(31)28-14-21(30)25-19-9-2-3-10-20(19)28/h2-12H,13-15H2,1H3,(H,25,30). The number of hydrogen-bond donors (Lipinski definition) is 1. The third-order valence-electron chi connectivity index (χ3n) is 5.34. The Morgan fingerprint density at radius 2 is 2.03 bits per heavy atom. The lowest BCUT2D eigenvalue weighted by atomic mass is 10.2. The molecule has 4 aromatic rings. The van der Waals surface area contributed by atoms with Crippen molar-refractivity contribution in [3.63, 3.8) is 0 Å². The Labute approximate surface area is 199 Å². The van der Waals surface area contributed by atoms with Gasteiger partial charge in [0.1, 0.15) is 18.1 Å². The summed E-state index contributed by atoms with van der Waals surface area (Å²) in [5.41, 5.74) is 2.14. The number of nitrogens with one attached hydrogen (secondary N) is 1. The van der Waals surface area contributed by atoms with Crippen LogP contribution in [0.25, 0.3) is 11.4 Å². The monoisotopic (exact) mass is 475 g/mol. The highest BCUT2D eigenvalue weighted by atomic mass is 32.2. The van der Waals surface area contributed by atoms with E-state index in [1.54, 1.807) is 19.4 Å². The van der Waals surface area contributed by atoms with Crippen LogP contribution >= 0.6 is 11.8 Å². The average Bonchev–Trinajstić information content (AvgIpc) is 3.52. The first-order chi connectivity index (χ1) is 16.6. The maximum Gasteiger partial charge on any atom is 0.244 e. The van der Waals surface area contributed by atoms with E-state index in [0.717, 1.165) is 11.3 Å². The second-order valence-corrected chi connectivity index (χ2v) is 8.48. The molecule has 2 aromatic carbocycles. The molecule has 1 aliphatic rings. The van der Waals surface area contributed by atoms with Crippen molar-refractivity contribution >= 4 is 35.0 Å². The zero-order valence-corrected chi connectivity index (χ0v) is 19.1. The Hall–Kier alpha value is -4.05. The van der Waals surface area contributed by atoms with Gasteiger partial charge in [-0.3, -0.25) is 14.2 Å². The van der Waals surface area contributed by atoms with Crippen LogP contribution in [-0.4, -0.2) is 46.0 Å². The van der Waals surface area contributed by atoms with Gasteiger partial charge in [0, 0.05) is 5.56 Å². The molecule has 1 N–H and O–H groups in total. The van der Waals surface area contributed by atoms with Crippen LogP contribution in [0, 0.1) is 0 Å². The largest absolute Gasteiger partial charge is 0.497 e. The Morgan fingerprint density at radius 3 is 2.85 bits per heavy atom. The lowest BCUT2D eigenvalue weighted by molar-refractivity contribution is -0.120. The van der Waals surface area contributed by atoms with Crippen molar-refractivity contribution in [2.75, 3.05) is 29.6 Å². The third kappa shape index (κ3) is 4.40. The van der Waals surface area contributed by atoms with E-state index in [4.69, 9.17) is 9.15 Å². The maximum atomic E-state index is 13.1. The van der Waals surface area contributed by atoms with Crippen molar-refractivity contribution < 1.29 is 18.7 Å². The summed E-state index contributed by atoms with van der Waals surface area (Å²) in [5.74, 6) is 1.75. The fraction of sp³-hybridized carbons (Fsp3) is 0.167. The molecule has 0 bridgehead atoms. The predicted octanol–water partition coefficient (Wildman–Crippen LogP) is 3.67. The summed E-state index contributed by atoms with van der Waals surface area (Å²) in [6.07, 6.45) is 1.61. The maximum absolute atomic E-state index is 13.1. The van der Waals surface area contributed by atoms with Crippen LogP contribution in [0.5, 0.6) is 5.75 Å². The number of thioether (sulfide) groups is 1. The van der Waals surface area contributed by atoms with Crippen molar-refractivity contribution in [2.45, 2.75) is 11.7 Å². The van der Waals surface area contributed by atoms with Gasteiger partial charge in [0.25, 0.3) is 0 Å². The number of methoxy groups -OCH3 is 1. The Balaban J connectivity index is 1.41. The van der Waals surface area contributed by atoms with E-state index < -0.39 is 0 Å². The second kappa shape index (κ2) is 9.44. The van der Waals surface area contributed by atoms with Crippen molar-refractivity contribution in [1.82, 2.24) is 14.8 Å². The summed E-state index contributed by atoms with van der Waals surface area (Å²) in [5, 5.41) is 12.1. The van der Waals surface area contributed by atoms with Crippen LogP contribution in [-0.2, 0) is 16.1 Å². The van der Waals surface area contributed by atoms with Gasteiger partial charge in [-0.25, -0.2) is 0 Å². The van der Waals surface area contributed by atoms with E-state index in [9.17, 15) is 9.59 Å². The normalized spacial score (nSPS) is 12.9. The number of fused-ring (bicyclic) bond motifs is 1. The third-order valence-corrected chi connectivity index (χ3v) is 6.29. The van der Waals surface area contributed by atoms with Crippen molar-refractivity contribution in [1.29, 1.82) is 0 Å². The van der Waals surface area contributed by atoms with Gasteiger partial charge in [-0.2, -0.15) is 0 Å². The first-order valence-electron chi connectivity index (χ1n) is 10.5. The molecule has 34 heavy (non-hydrogen) atoms. The topological polar surface area (TPSA) is 102 Å². The molecule has 0 unspecified atom stereocenters. The summed E-state index contributed by atoms with van der Waals surface area (Å²) < 4.78 is 12.8. The number of ether oxygens (including phenoxy) is 1. The number of para-hydroxylation sites is 2. The highest BCUT2D eigenvalue weighted by Gasteiger charge is 2.27. The molecule has 9 nitrogen and oxygen atoms in total. The minimum atomic E-state index is -0.224. The number of rotatable bonds is 7. The quantitative estimate of drug-likeness (QED) is 0.407. The zero-order valence-electron chi connectivity index (χ0n) is 18.3.